The average Bonchev–Trinajstić information content (AvgIpc) is 2.32. The van der Waals surface area contributed by atoms with Crippen LogP contribution < -0.4 is 0 Å². The highest BCUT2D eigenvalue weighted by atomic mass is 15.2. The first kappa shape index (κ1) is 10.3. The minimum Gasteiger partial charge on any atom is -0.300 e. The second-order valence-electron chi connectivity index (χ2n) is 5.50. The first-order valence-electron chi connectivity index (χ1n) is 6.57. The second kappa shape index (κ2) is 3.89. The number of aryl methyl sites for hydroxylation is 1. The van der Waals surface area contributed by atoms with Crippen LogP contribution in [0.4, 0.5) is 0 Å². The van der Waals surface area contributed by atoms with E-state index in [4.69, 9.17) is 0 Å². The number of piperidine rings is 3. The van der Waals surface area contributed by atoms with Crippen molar-refractivity contribution in [1.82, 2.24) is 4.90 Å². The molecule has 0 aliphatic carbocycles. The van der Waals surface area contributed by atoms with Crippen LogP contribution in [0.1, 0.15) is 36.8 Å². The van der Waals surface area contributed by atoms with E-state index < -0.39 is 0 Å². The van der Waals surface area contributed by atoms with E-state index in [0.717, 1.165) is 17.9 Å². The Hall–Kier alpha value is -0.820. The van der Waals surface area contributed by atoms with Crippen molar-refractivity contribution in [3.8, 4) is 0 Å². The van der Waals surface area contributed by atoms with Crippen molar-refractivity contribution in [2.24, 2.45) is 5.92 Å². The van der Waals surface area contributed by atoms with Crippen LogP contribution in [0.5, 0.6) is 0 Å². The van der Waals surface area contributed by atoms with Gasteiger partial charge in [-0.05, 0) is 56.8 Å². The SMILES string of the molecule is Cc1ccccc1C1C2CCN(CC2)[C@@H]1C. The smallest absolute Gasteiger partial charge is 0.0138 e. The molecule has 1 aromatic rings. The van der Waals surface area contributed by atoms with Crippen molar-refractivity contribution in [3.05, 3.63) is 35.4 Å². The molecule has 3 aliphatic heterocycles. The molecular weight excluding hydrogens is 194 g/mol. The van der Waals surface area contributed by atoms with Gasteiger partial charge in [0, 0.05) is 12.0 Å². The molecule has 16 heavy (non-hydrogen) atoms. The summed E-state index contributed by atoms with van der Waals surface area (Å²) in [6.07, 6.45) is 2.81. The summed E-state index contributed by atoms with van der Waals surface area (Å²) in [5.74, 6) is 1.71. The third-order valence-corrected chi connectivity index (χ3v) is 4.73. The van der Waals surface area contributed by atoms with Gasteiger partial charge in [0.1, 0.15) is 0 Å². The topological polar surface area (TPSA) is 3.24 Å². The summed E-state index contributed by atoms with van der Waals surface area (Å²) in [6, 6.07) is 9.71. The third kappa shape index (κ3) is 1.49. The van der Waals surface area contributed by atoms with Crippen molar-refractivity contribution >= 4 is 0 Å². The number of benzene rings is 1. The molecule has 0 saturated carbocycles. The molecular formula is C15H21N. The molecule has 0 spiro atoms. The van der Waals surface area contributed by atoms with Crippen LogP contribution in [0.15, 0.2) is 24.3 Å². The fraction of sp³-hybridized carbons (Fsp3) is 0.600. The monoisotopic (exact) mass is 215 g/mol. The minimum atomic E-state index is 0.744. The van der Waals surface area contributed by atoms with Gasteiger partial charge in [-0.2, -0.15) is 0 Å². The Morgan fingerprint density at radius 1 is 1.12 bits per heavy atom. The van der Waals surface area contributed by atoms with Gasteiger partial charge in [0.25, 0.3) is 0 Å². The molecule has 2 bridgehead atoms. The maximum absolute atomic E-state index is 2.68. The van der Waals surface area contributed by atoms with Gasteiger partial charge in [0.2, 0.25) is 0 Å². The lowest BCUT2D eigenvalue weighted by molar-refractivity contribution is 0.0348. The first-order valence-corrected chi connectivity index (χ1v) is 6.57. The summed E-state index contributed by atoms with van der Waals surface area (Å²) in [4.78, 5) is 2.68. The molecule has 1 nitrogen and oxygen atoms in total. The largest absolute Gasteiger partial charge is 0.300 e. The molecule has 0 N–H and O–H groups in total. The van der Waals surface area contributed by atoms with Gasteiger partial charge >= 0.3 is 0 Å². The molecule has 0 aromatic heterocycles. The molecule has 2 atom stereocenters. The Bertz CT molecular complexity index is 375. The number of rotatable bonds is 1. The van der Waals surface area contributed by atoms with E-state index in [2.05, 4.69) is 43.0 Å². The van der Waals surface area contributed by atoms with Crippen LogP contribution in [-0.4, -0.2) is 24.0 Å². The Labute approximate surface area is 98.5 Å². The summed E-state index contributed by atoms with van der Waals surface area (Å²) in [7, 11) is 0. The van der Waals surface area contributed by atoms with Gasteiger partial charge in [-0.3, -0.25) is 0 Å². The maximum Gasteiger partial charge on any atom is 0.0138 e. The number of hydrogen-bond acceptors (Lipinski definition) is 1. The van der Waals surface area contributed by atoms with Crippen LogP contribution in [0.2, 0.25) is 0 Å². The zero-order chi connectivity index (χ0) is 11.1. The standard InChI is InChI=1S/C15H21N/c1-11-5-3-4-6-14(11)15-12(2)16-9-7-13(15)8-10-16/h3-6,12-13,15H,7-10H2,1-2H3/t12-,15?/m1/s1. The van der Waals surface area contributed by atoms with Crippen LogP contribution in [-0.2, 0) is 0 Å². The highest BCUT2D eigenvalue weighted by Gasteiger charge is 2.40. The highest BCUT2D eigenvalue weighted by Crippen LogP contribution is 2.43. The van der Waals surface area contributed by atoms with E-state index in [1.807, 2.05) is 0 Å². The van der Waals surface area contributed by atoms with Crippen LogP contribution in [0.25, 0.3) is 0 Å². The molecule has 1 unspecified atom stereocenters. The first-order chi connectivity index (χ1) is 7.77. The van der Waals surface area contributed by atoms with E-state index in [1.54, 1.807) is 5.56 Å². The zero-order valence-corrected chi connectivity index (χ0v) is 10.3. The molecule has 3 saturated heterocycles. The summed E-state index contributed by atoms with van der Waals surface area (Å²) < 4.78 is 0. The van der Waals surface area contributed by atoms with Gasteiger partial charge in [-0.15, -0.1) is 0 Å². The lowest BCUT2D eigenvalue weighted by Gasteiger charge is -2.50. The predicted molar refractivity (Wildman–Crippen MR) is 67.7 cm³/mol. The normalized spacial score (nSPS) is 37.6. The van der Waals surface area contributed by atoms with E-state index in [-0.39, 0.29) is 0 Å². The van der Waals surface area contributed by atoms with E-state index in [9.17, 15) is 0 Å². The summed E-state index contributed by atoms with van der Waals surface area (Å²) in [5.41, 5.74) is 3.08. The lowest BCUT2D eigenvalue weighted by Crippen LogP contribution is -2.52. The second-order valence-corrected chi connectivity index (χ2v) is 5.50. The van der Waals surface area contributed by atoms with Gasteiger partial charge in [-0.25, -0.2) is 0 Å². The highest BCUT2D eigenvalue weighted by molar-refractivity contribution is 5.32. The van der Waals surface area contributed by atoms with E-state index in [1.165, 1.54) is 31.5 Å². The molecule has 0 radical (unpaired) electrons. The van der Waals surface area contributed by atoms with Gasteiger partial charge in [-0.1, -0.05) is 24.3 Å². The molecule has 3 fully saturated rings. The Morgan fingerprint density at radius 3 is 2.44 bits per heavy atom. The van der Waals surface area contributed by atoms with E-state index >= 15 is 0 Å². The Balaban J connectivity index is 1.97. The van der Waals surface area contributed by atoms with Gasteiger partial charge in [0.05, 0.1) is 0 Å². The summed E-state index contributed by atoms with van der Waals surface area (Å²) in [6.45, 7) is 7.34. The fourth-order valence-electron chi connectivity index (χ4n) is 3.78. The molecule has 3 aliphatic rings. The fourth-order valence-corrected chi connectivity index (χ4v) is 3.78. The maximum atomic E-state index is 2.68. The predicted octanol–water partition coefficient (Wildman–Crippen LogP) is 3.19. The molecule has 1 heteroatoms. The average molecular weight is 215 g/mol. The van der Waals surface area contributed by atoms with Gasteiger partial charge < -0.3 is 4.90 Å². The summed E-state index contributed by atoms with van der Waals surface area (Å²) >= 11 is 0. The molecule has 3 heterocycles. The number of hydrogen-bond donors (Lipinski definition) is 0. The van der Waals surface area contributed by atoms with Gasteiger partial charge in [0.15, 0.2) is 0 Å². The quantitative estimate of drug-likeness (QED) is 0.695. The van der Waals surface area contributed by atoms with Crippen molar-refractivity contribution in [1.29, 1.82) is 0 Å². The molecule has 0 amide bonds. The number of nitrogens with zero attached hydrogens (tertiary/aromatic N) is 1. The Kier molecular flexibility index (Phi) is 2.51. The lowest BCUT2D eigenvalue weighted by atomic mass is 9.70. The van der Waals surface area contributed by atoms with E-state index in [0.29, 0.717) is 0 Å². The molecule has 86 valence electrons. The van der Waals surface area contributed by atoms with Crippen LogP contribution in [0.3, 0.4) is 0 Å². The number of fused-ring (bicyclic) bond motifs is 3. The Morgan fingerprint density at radius 2 is 1.81 bits per heavy atom. The zero-order valence-electron chi connectivity index (χ0n) is 10.3. The van der Waals surface area contributed by atoms with Crippen LogP contribution in [0, 0.1) is 12.8 Å². The minimum absolute atomic E-state index is 0.744. The van der Waals surface area contributed by atoms with Crippen molar-refractivity contribution in [2.45, 2.75) is 38.6 Å². The van der Waals surface area contributed by atoms with Crippen molar-refractivity contribution in [2.75, 3.05) is 13.1 Å². The third-order valence-electron chi connectivity index (χ3n) is 4.73. The van der Waals surface area contributed by atoms with Crippen LogP contribution >= 0.6 is 0 Å². The van der Waals surface area contributed by atoms with Crippen molar-refractivity contribution < 1.29 is 0 Å². The van der Waals surface area contributed by atoms with Crippen molar-refractivity contribution in [3.63, 3.8) is 0 Å². The molecule has 1 aromatic carbocycles. The summed E-state index contributed by atoms with van der Waals surface area (Å²) in [5, 5.41) is 0. The molecule has 4 rings (SSSR count).